The second kappa shape index (κ2) is 7.30. The maximum Gasteiger partial charge on any atom is 0.410 e. The van der Waals surface area contributed by atoms with Crippen molar-refractivity contribution in [2.75, 3.05) is 0 Å². The molecule has 0 aliphatic rings. The van der Waals surface area contributed by atoms with Crippen molar-refractivity contribution in [2.24, 2.45) is 0 Å². The molecule has 1 heterocycles. The smallest absolute Gasteiger partial charge is 0.410 e. The summed E-state index contributed by atoms with van der Waals surface area (Å²) in [7, 11) is 0. The highest BCUT2D eigenvalue weighted by Crippen LogP contribution is 2.28. The van der Waals surface area contributed by atoms with E-state index < -0.39 is 12.3 Å². The summed E-state index contributed by atoms with van der Waals surface area (Å²) in [4.78, 5) is 11.8. The molecule has 5 nitrogen and oxygen atoms in total. The standard InChI is InChI=1S/C20H21NO4/c1-13-14(2)24-19-11-17(9-10-18(13)19)25-15(3)21-20(22)23-12-16-7-5-4-6-8-16/h4-11,15H,12H2,1-3H3,(H,21,22). The van der Waals surface area contributed by atoms with E-state index in [0.717, 1.165) is 27.9 Å². The van der Waals surface area contributed by atoms with Crippen molar-refractivity contribution in [3.8, 4) is 5.75 Å². The van der Waals surface area contributed by atoms with E-state index in [-0.39, 0.29) is 6.61 Å². The number of carbonyl (C=O) groups is 1. The number of furan rings is 1. The molecule has 2 aromatic carbocycles. The third-order valence-corrected chi connectivity index (χ3v) is 3.99. The van der Waals surface area contributed by atoms with Crippen LogP contribution >= 0.6 is 0 Å². The van der Waals surface area contributed by atoms with Gasteiger partial charge in [0.25, 0.3) is 0 Å². The van der Waals surface area contributed by atoms with Gasteiger partial charge in [0.15, 0.2) is 6.23 Å². The normalized spacial score (nSPS) is 12.0. The van der Waals surface area contributed by atoms with E-state index in [1.807, 2.05) is 62.4 Å². The topological polar surface area (TPSA) is 60.7 Å². The van der Waals surface area contributed by atoms with Crippen LogP contribution in [0.2, 0.25) is 0 Å². The maximum atomic E-state index is 11.8. The van der Waals surface area contributed by atoms with Crippen molar-refractivity contribution in [2.45, 2.75) is 33.6 Å². The fourth-order valence-corrected chi connectivity index (χ4v) is 2.57. The zero-order chi connectivity index (χ0) is 17.8. The number of benzene rings is 2. The maximum absolute atomic E-state index is 11.8. The molecule has 0 fully saturated rings. The van der Waals surface area contributed by atoms with Crippen LogP contribution in [-0.2, 0) is 11.3 Å². The number of aryl methyl sites for hydroxylation is 2. The number of hydrogen-bond acceptors (Lipinski definition) is 4. The molecule has 1 amide bonds. The lowest BCUT2D eigenvalue weighted by Gasteiger charge is -2.16. The first-order chi connectivity index (χ1) is 12.0. The molecule has 0 aliphatic heterocycles. The van der Waals surface area contributed by atoms with E-state index >= 15 is 0 Å². The number of nitrogens with one attached hydrogen (secondary N) is 1. The van der Waals surface area contributed by atoms with E-state index in [2.05, 4.69) is 5.32 Å². The van der Waals surface area contributed by atoms with Crippen LogP contribution in [0.3, 0.4) is 0 Å². The van der Waals surface area contributed by atoms with E-state index in [1.54, 1.807) is 6.92 Å². The van der Waals surface area contributed by atoms with Crippen LogP contribution in [-0.4, -0.2) is 12.3 Å². The molecular formula is C20H21NO4. The Labute approximate surface area is 146 Å². The molecule has 5 heteroatoms. The first-order valence-corrected chi connectivity index (χ1v) is 8.16. The Balaban J connectivity index is 1.55. The Bertz CT molecular complexity index is 870. The molecule has 0 bridgehead atoms. The lowest BCUT2D eigenvalue weighted by molar-refractivity contribution is 0.111. The highest BCUT2D eigenvalue weighted by atomic mass is 16.6. The number of carbonyl (C=O) groups excluding carboxylic acids is 1. The van der Waals surface area contributed by atoms with Gasteiger partial charge in [-0.3, -0.25) is 5.32 Å². The number of amides is 1. The molecule has 1 N–H and O–H groups in total. The third-order valence-electron chi connectivity index (χ3n) is 3.99. The number of alkyl carbamates (subject to hydrolysis) is 1. The zero-order valence-corrected chi connectivity index (χ0v) is 14.5. The average molecular weight is 339 g/mol. The van der Waals surface area contributed by atoms with Crippen LogP contribution in [0.1, 0.15) is 23.8 Å². The number of hydrogen-bond donors (Lipinski definition) is 1. The van der Waals surface area contributed by atoms with E-state index in [0.29, 0.717) is 5.75 Å². The predicted octanol–water partition coefficient (Wildman–Crippen LogP) is 4.70. The summed E-state index contributed by atoms with van der Waals surface area (Å²) in [5, 5.41) is 3.71. The van der Waals surface area contributed by atoms with Gasteiger partial charge in [0.2, 0.25) is 0 Å². The molecule has 0 spiro atoms. The summed E-state index contributed by atoms with van der Waals surface area (Å²) in [6, 6.07) is 15.1. The molecule has 0 radical (unpaired) electrons. The van der Waals surface area contributed by atoms with Gasteiger partial charge < -0.3 is 13.9 Å². The first kappa shape index (κ1) is 16.9. The summed E-state index contributed by atoms with van der Waals surface area (Å²) in [5.74, 6) is 1.51. The SMILES string of the molecule is Cc1oc2cc(OC(C)NC(=O)OCc3ccccc3)ccc2c1C. The van der Waals surface area contributed by atoms with Crippen molar-refractivity contribution in [1.82, 2.24) is 5.32 Å². The predicted molar refractivity (Wildman–Crippen MR) is 95.5 cm³/mol. The van der Waals surface area contributed by atoms with Crippen molar-refractivity contribution < 1.29 is 18.7 Å². The number of fused-ring (bicyclic) bond motifs is 1. The van der Waals surface area contributed by atoms with E-state index in [4.69, 9.17) is 13.9 Å². The lowest BCUT2D eigenvalue weighted by Crippen LogP contribution is -2.36. The first-order valence-electron chi connectivity index (χ1n) is 8.16. The minimum atomic E-state index is -0.530. The largest absolute Gasteiger partial charge is 0.471 e. The fourth-order valence-electron chi connectivity index (χ4n) is 2.57. The minimum absolute atomic E-state index is 0.219. The van der Waals surface area contributed by atoms with Gasteiger partial charge in [-0.05, 0) is 44.0 Å². The van der Waals surface area contributed by atoms with Crippen LogP contribution < -0.4 is 10.1 Å². The van der Waals surface area contributed by atoms with Crippen molar-refractivity contribution in [1.29, 1.82) is 0 Å². The van der Waals surface area contributed by atoms with Gasteiger partial charge in [0.1, 0.15) is 23.7 Å². The second-order valence-electron chi connectivity index (χ2n) is 5.91. The molecular weight excluding hydrogens is 318 g/mol. The Morgan fingerprint density at radius 2 is 1.92 bits per heavy atom. The van der Waals surface area contributed by atoms with Crippen LogP contribution in [0.4, 0.5) is 4.79 Å². The molecule has 130 valence electrons. The van der Waals surface area contributed by atoms with E-state index in [9.17, 15) is 4.79 Å². The molecule has 25 heavy (non-hydrogen) atoms. The Kier molecular flexibility index (Phi) is 4.93. The van der Waals surface area contributed by atoms with Gasteiger partial charge in [-0.1, -0.05) is 30.3 Å². The highest BCUT2D eigenvalue weighted by molar-refractivity contribution is 5.83. The quantitative estimate of drug-likeness (QED) is 0.684. The minimum Gasteiger partial charge on any atom is -0.471 e. The molecule has 1 unspecified atom stereocenters. The molecule has 0 saturated carbocycles. The summed E-state index contributed by atoms with van der Waals surface area (Å²) >= 11 is 0. The lowest BCUT2D eigenvalue weighted by atomic mass is 10.1. The molecule has 1 aromatic heterocycles. The van der Waals surface area contributed by atoms with Gasteiger partial charge in [-0.15, -0.1) is 0 Å². The Hall–Kier alpha value is -2.95. The monoisotopic (exact) mass is 339 g/mol. The molecule has 3 rings (SSSR count). The Morgan fingerprint density at radius 3 is 2.68 bits per heavy atom. The van der Waals surface area contributed by atoms with Crippen LogP contribution in [0.25, 0.3) is 11.0 Å². The highest BCUT2D eigenvalue weighted by Gasteiger charge is 2.12. The molecule has 3 aromatic rings. The van der Waals surface area contributed by atoms with Crippen LogP contribution in [0.15, 0.2) is 52.9 Å². The van der Waals surface area contributed by atoms with Crippen LogP contribution in [0, 0.1) is 13.8 Å². The summed E-state index contributed by atoms with van der Waals surface area (Å²) < 4.78 is 16.6. The van der Waals surface area contributed by atoms with Gasteiger partial charge in [-0.25, -0.2) is 4.79 Å². The summed E-state index contributed by atoms with van der Waals surface area (Å²) in [6.45, 7) is 5.92. The molecule has 0 aliphatic carbocycles. The van der Waals surface area contributed by atoms with Crippen molar-refractivity contribution >= 4 is 17.1 Å². The Morgan fingerprint density at radius 1 is 1.16 bits per heavy atom. The summed E-state index contributed by atoms with van der Waals surface area (Å²) in [5.41, 5.74) is 2.82. The molecule has 0 saturated heterocycles. The van der Waals surface area contributed by atoms with Crippen molar-refractivity contribution in [3.63, 3.8) is 0 Å². The zero-order valence-electron chi connectivity index (χ0n) is 14.5. The third kappa shape index (κ3) is 4.12. The van der Waals surface area contributed by atoms with E-state index in [1.165, 1.54) is 0 Å². The molecule has 1 atom stereocenters. The van der Waals surface area contributed by atoms with Crippen molar-refractivity contribution in [3.05, 3.63) is 65.4 Å². The van der Waals surface area contributed by atoms with Crippen LogP contribution in [0.5, 0.6) is 5.75 Å². The second-order valence-corrected chi connectivity index (χ2v) is 5.91. The average Bonchev–Trinajstić information content (AvgIpc) is 2.87. The van der Waals surface area contributed by atoms with Gasteiger partial charge in [0.05, 0.1) is 0 Å². The fraction of sp³-hybridized carbons (Fsp3) is 0.250. The van der Waals surface area contributed by atoms with Gasteiger partial charge in [0, 0.05) is 11.5 Å². The number of ether oxygens (including phenoxy) is 2. The van der Waals surface area contributed by atoms with Gasteiger partial charge >= 0.3 is 6.09 Å². The summed E-state index contributed by atoms with van der Waals surface area (Å²) in [6.07, 6.45) is -1.06. The number of rotatable bonds is 5. The van der Waals surface area contributed by atoms with Gasteiger partial charge in [-0.2, -0.15) is 0 Å².